The summed E-state index contributed by atoms with van der Waals surface area (Å²) in [5.74, 6) is 0. The fourth-order valence-corrected chi connectivity index (χ4v) is 8.59. The van der Waals surface area contributed by atoms with E-state index in [9.17, 15) is 0 Å². The lowest BCUT2D eigenvalue weighted by Crippen LogP contribution is -1.89. The minimum absolute atomic E-state index is 0.905. The Kier molecular flexibility index (Phi) is 6.75. The minimum Gasteiger partial charge on any atom is -0.455 e. The molecule has 0 amide bonds. The van der Waals surface area contributed by atoms with E-state index in [1.165, 1.54) is 64.7 Å². The van der Waals surface area contributed by atoms with Crippen molar-refractivity contribution in [1.82, 2.24) is 0 Å². The maximum absolute atomic E-state index is 6.59. The largest absolute Gasteiger partial charge is 0.455 e. The van der Waals surface area contributed by atoms with Gasteiger partial charge in [-0.15, -0.1) is 11.3 Å². The summed E-state index contributed by atoms with van der Waals surface area (Å²) in [6, 6.07) is 65.6. The van der Waals surface area contributed by atoms with Crippen molar-refractivity contribution in [2.24, 2.45) is 0 Å². The molecule has 0 saturated carbocycles. The predicted octanol–water partition coefficient (Wildman–Crippen LogP) is 14.3. The first-order valence-electron chi connectivity index (χ1n) is 17.0. The van der Waals surface area contributed by atoms with Crippen LogP contribution < -0.4 is 0 Å². The van der Waals surface area contributed by atoms with Crippen molar-refractivity contribution in [3.63, 3.8) is 0 Å². The third-order valence-electron chi connectivity index (χ3n) is 9.92. The highest BCUT2D eigenvalue weighted by Gasteiger charge is 2.17. The molecular formula is C48H30OS. The van der Waals surface area contributed by atoms with Gasteiger partial charge in [0.25, 0.3) is 0 Å². The average molecular weight is 655 g/mol. The molecule has 10 rings (SSSR count). The fraction of sp³-hybridized carbons (Fsp3) is 0. The van der Waals surface area contributed by atoms with Gasteiger partial charge in [0.1, 0.15) is 11.2 Å². The van der Waals surface area contributed by atoms with Crippen molar-refractivity contribution in [3.05, 3.63) is 182 Å². The third-order valence-corrected chi connectivity index (χ3v) is 11.1. The molecule has 0 saturated heterocycles. The van der Waals surface area contributed by atoms with E-state index in [1.54, 1.807) is 0 Å². The number of rotatable bonds is 5. The van der Waals surface area contributed by atoms with E-state index in [0.717, 1.165) is 33.1 Å². The van der Waals surface area contributed by atoms with Crippen LogP contribution in [0.1, 0.15) is 0 Å². The second-order valence-corrected chi connectivity index (χ2v) is 13.9. The zero-order chi connectivity index (χ0) is 33.0. The maximum atomic E-state index is 6.59. The highest BCUT2D eigenvalue weighted by Crippen LogP contribution is 2.43. The van der Waals surface area contributed by atoms with Crippen molar-refractivity contribution >= 4 is 53.4 Å². The quantitative estimate of drug-likeness (QED) is 0.180. The van der Waals surface area contributed by atoms with Crippen LogP contribution in [-0.2, 0) is 0 Å². The van der Waals surface area contributed by atoms with Crippen molar-refractivity contribution in [2.75, 3.05) is 0 Å². The third kappa shape index (κ3) is 4.76. The number of furan rings is 1. The molecule has 0 unspecified atom stereocenters. The fourth-order valence-electron chi connectivity index (χ4n) is 7.50. The van der Waals surface area contributed by atoms with Crippen LogP contribution in [0.25, 0.3) is 97.7 Å². The smallest absolute Gasteiger partial charge is 0.143 e. The van der Waals surface area contributed by atoms with Crippen LogP contribution in [0.4, 0.5) is 0 Å². The van der Waals surface area contributed by atoms with Crippen LogP contribution in [0, 0.1) is 0 Å². The van der Waals surface area contributed by atoms with E-state index in [0.29, 0.717) is 0 Å². The van der Waals surface area contributed by atoms with Crippen LogP contribution in [0.2, 0.25) is 0 Å². The summed E-state index contributed by atoms with van der Waals surface area (Å²) in [6.07, 6.45) is 0. The standard InChI is InChI=1S/C48H30OS/c1-2-12-31(13-3-1)36-14-4-6-16-38(36)39-17-7-5-15-37(39)32-22-24-33(25-23-32)42-29-35(30-44-40-18-8-10-20-45(40)49-48(42)44)34-26-27-47-43(28-34)41-19-9-11-21-46(41)50-47/h1-30H. The summed E-state index contributed by atoms with van der Waals surface area (Å²) in [4.78, 5) is 0. The van der Waals surface area contributed by atoms with E-state index in [-0.39, 0.29) is 0 Å². The Labute approximate surface area is 294 Å². The van der Waals surface area contributed by atoms with Crippen LogP contribution in [0.3, 0.4) is 0 Å². The van der Waals surface area contributed by atoms with Crippen LogP contribution >= 0.6 is 11.3 Å². The lowest BCUT2D eigenvalue weighted by molar-refractivity contribution is 0.670. The summed E-state index contributed by atoms with van der Waals surface area (Å²) < 4.78 is 9.23. The second-order valence-electron chi connectivity index (χ2n) is 12.8. The van der Waals surface area contributed by atoms with Crippen molar-refractivity contribution < 1.29 is 4.42 Å². The molecule has 10 aromatic rings. The molecule has 2 heterocycles. The van der Waals surface area contributed by atoms with Crippen molar-refractivity contribution in [3.8, 4) is 55.6 Å². The molecule has 0 radical (unpaired) electrons. The van der Waals surface area contributed by atoms with E-state index < -0.39 is 0 Å². The number of thiophene rings is 1. The average Bonchev–Trinajstić information content (AvgIpc) is 3.76. The van der Waals surface area contributed by atoms with Crippen molar-refractivity contribution in [2.45, 2.75) is 0 Å². The number of hydrogen-bond acceptors (Lipinski definition) is 2. The topological polar surface area (TPSA) is 13.1 Å². The first kappa shape index (κ1) is 28.8. The van der Waals surface area contributed by atoms with Gasteiger partial charge in [0.2, 0.25) is 0 Å². The van der Waals surface area contributed by atoms with Gasteiger partial charge in [-0.25, -0.2) is 0 Å². The van der Waals surface area contributed by atoms with Crippen LogP contribution in [0.5, 0.6) is 0 Å². The van der Waals surface area contributed by atoms with Gasteiger partial charge in [-0.2, -0.15) is 0 Å². The highest BCUT2D eigenvalue weighted by molar-refractivity contribution is 7.25. The molecule has 0 N–H and O–H groups in total. The summed E-state index contributed by atoms with van der Waals surface area (Å²) in [7, 11) is 0. The number of benzene rings is 8. The summed E-state index contributed by atoms with van der Waals surface area (Å²) in [6.45, 7) is 0. The van der Waals surface area contributed by atoms with E-state index in [1.807, 2.05) is 17.4 Å². The molecule has 0 aliphatic heterocycles. The molecule has 0 atom stereocenters. The Balaban J connectivity index is 1.11. The SMILES string of the molecule is c1ccc(-c2ccccc2-c2ccccc2-c2ccc(-c3cc(-c4ccc5sc6ccccc6c5c4)cc4c3oc3ccccc34)cc2)cc1. The highest BCUT2D eigenvalue weighted by atomic mass is 32.1. The molecule has 234 valence electrons. The van der Waals surface area contributed by atoms with Crippen molar-refractivity contribution in [1.29, 1.82) is 0 Å². The van der Waals surface area contributed by atoms with Gasteiger partial charge in [-0.1, -0.05) is 146 Å². The van der Waals surface area contributed by atoms with Gasteiger partial charge in [0, 0.05) is 36.5 Å². The van der Waals surface area contributed by atoms with E-state index >= 15 is 0 Å². The summed E-state index contributed by atoms with van der Waals surface area (Å²) in [5.41, 5.74) is 13.7. The Morgan fingerprint density at radius 3 is 1.56 bits per heavy atom. The zero-order valence-electron chi connectivity index (χ0n) is 27.1. The van der Waals surface area contributed by atoms with Gasteiger partial charge < -0.3 is 4.42 Å². The van der Waals surface area contributed by atoms with Crippen LogP contribution in [-0.4, -0.2) is 0 Å². The molecule has 1 nitrogen and oxygen atoms in total. The molecular weight excluding hydrogens is 625 g/mol. The second kappa shape index (κ2) is 11.7. The Hall–Kier alpha value is -6.22. The molecule has 0 aliphatic rings. The Bertz CT molecular complexity index is 2850. The first-order valence-corrected chi connectivity index (χ1v) is 17.8. The Morgan fingerprint density at radius 2 is 0.820 bits per heavy atom. The van der Waals surface area contributed by atoms with Gasteiger partial charge in [-0.3, -0.25) is 0 Å². The van der Waals surface area contributed by atoms with Gasteiger partial charge >= 0.3 is 0 Å². The first-order chi connectivity index (χ1) is 24.8. The number of para-hydroxylation sites is 1. The lowest BCUT2D eigenvalue weighted by Gasteiger charge is -2.15. The summed E-state index contributed by atoms with van der Waals surface area (Å²) >= 11 is 1.85. The molecule has 8 aromatic carbocycles. The van der Waals surface area contributed by atoms with Gasteiger partial charge in [-0.05, 0) is 86.5 Å². The zero-order valence-corrected chi connectivity index (χ0v) is 28.0. The molecule has 0 bridgehead atoms. The molecule has 2 heteroatoms. The molecule has 0 spiro atoms. The van der Waals surface area contributed by atoms with E-state index in [2.05, 4.69) is 176 Å². The normalized spacial score (nSPS) is 11.6. The molecule has 50 heavy (non-hydrogen) atoms. The van der Waals surface area contributed by atoms with Crippen LogP contribution in [0.15, 0.2) is 186 Å². The Morgan fingerprint density at radius 1 is 0.300 bits per heavy atom. The molecule has 0 fully saturated rings. The summed E-state index contributed by atoms with van der Waals surface area (Å²) in [5, 5.41) is 4.89. The van der Waals surface area contributed by atoms with Gasteiger partial charge in [0.15, 0.2) is 0 Å². The molecule has 0 aliphatic carbocycles. The number of hydrogen-bond donors (Lipinski definition) is 0. The number of fused-ring (bicyclic) bond motifs is 6. The minimum atomic E-state index is 0.905. The van der Waals surface area contributed by atoms with Gasteiger partial charge in [0.05, 0.1) is 0 Å². The molecule has 2 aromatic heterocycles. The maximum Gasteiger partial charge on any atom is 0.143 e. The van der Waals surface area contributed by atoms with E-state index in [4.69, 9.17) is 4.42 Å². The lowest BCUT2D eigenvalue weighted by atomic mass is 9.89. The predicted molar refractivity (Wildman–Crippen MR) is 214 cm³/mol. The monoisotopic (exact) mass is 654 g/mol.